The number of rotatable bonds is 6. The molecule has 0 atom stereocenters. The lowest BCUT2D eigenvalue weighted by Crippen LogP contribution is -2.41. The number of fused-ring (bicyclic) bond motifs is 1. The summed E-state index contributed by atoms with van der Waals surface area (Å²) in [6.45, 7) is 4.44. The molecule has 5 aromatic rings. The van der Waals surface area contributed by atoms with Gasteiger partial charge in [-0.15, -0.1) is 0 Å². The third-order valence-corrected chi connectivity index (χ3v) is 5.86. The molecule has 0 saturated heterocycles. The quantitative estimate of drug-likeness (QED) is 0.404. The second-order valence-electron chi connectivity index (χ2n) is 8.08. The molecule has 0 aliphatic rings. The van der Waals surface area contributed by atoms with Crippen molar-refractivity contribution in [1.29, 1.82) is 0 Å². The molecule has 3 heterocycles. The van der Waals surface area contributed by atoms with Crippen molar-refractivity contribution in [2.45, 2.75) is 33.5 Å². The highest BCUT2D eigenvalue weighted by molar-refractivity contribution is 5.70. The van der Waals surface area contributed by atoms with Gasteiger partial charge >= 0.3 is 5.69 Å². The van der Waals surface area contributed by atoms with Crippen LogP contribution >= 0.6 is 0 Å². The normalized spacial score (nSPS) is 11.3. The molecule has 0 saturated carbocycles. The molecule has 8 heteroatoms. The van der Waals surface area contributed by atoms with Gasteiger partial charge in [-0.05, 0) is 25.0 Å². The van der Waals surface area contributed by atoms with Gasteiger partial charge in [-0.2, -0.15) is 0 Å². The maximum atomic E-state index is 13.6. The Kier molecular flexibility index (Phi) is 5.26. The van der Waals surface area contributed by atoms with Gasteiger partial charge in [-0.25, -0.2) is 9.78 Å². The first kappa shape index (κ1) is 20.7. The molecule has 0 unspecified atom stereocenters. The average molecular weight is 441 g/mol. The van der Waals surface area contributed by atoms with E-state index in [2.05, 4.69) is 10.1 Å². The molecule has 0 N–H and O–H groups in total. The zero-order valence-corrected chi connectivity index (χ0v) is 18.4. The molecule has 0 aliphatic heterocycles. The van der Waals surface area contributed by atoms with Crippen molar-refractivity contribution in [2.24, 2.45) is 0 Å². The minimum Gasteiger partial charge on any atom is -0.361 e. The second-order valence-corrected chi connectivity index (χ2v) is 8.08. The van der Waals surface area contributed by atoms with Crippen molar-refractivity contribution in [2.75, 3.05) is 0 Å². The Morgan fingerprint density at radius 2 is 1.45 bits per heavy atom. The number of nitrogens with zero attached hydrogens (tertiary/aromatic N) is 5. The first-order valence-corrected chi connectivity index (χ1v) is 10.7. The fourth-order valence-electron chi connectivity index (χ4n) is 4.07. The van der Waals surface area contributed by atoms with E-state index >= 15 is 0 Å². The van der Waals surface area contributed by atoms with Crippen LogP contribution in [-0.2, 0) is 19.6 Å². The van der Waals surface area contributed by atoms with Crippen molar-refractivity contribution >= 4 is 11.2 Å². The Balaban J connectivity index is 1.72. The summed E-state index contributed by atoms with van der Waals surface area (Å²) in [5.41, 5.74) is 3.34. The second kappa shape index (κ2) is 8.38. The Morgan fingerprint density at radius 3 is 2.06 bits per heavy atom. The molecule has 0 radical (unpaired) electrons. The van der Waals surface area contributed by atoms with Crippen LogP contribution in [0.2, 0.25) is 0 Å². The van der Waals surface area contributed by atoms with Gasteiger partial charge in [0.15, 0.2) is 11.2 Å². The predicted molar refractivity (Wildman–Crippen MR) is 124 cm³/mol. The number of aromatic nitrogens is 5. The highest BCUT2D eigenvalue weighted by Crippen LogP contribution is 2.15. The van der Waals surface area contributed by atoms with Crippen molar-refractivity contribution in [1.82, 2.24) is 23.8 Å². The highest BCUT2D eigenvalue weighted by Gasteiger charge is 2.20. The number of benzene rings is 2. The number of hydrogen-bond acceptors (Lipinski definition) is 5. The van der Waals surface area contributed by atoms with Crippen molar-refractivity contribution in [3.05, 3.63) is 116 Å². The van der Waals surface area contributed by atoms with Gasteiger partial charge in [0.05, 0.1) is 25.1 Å². The molecular weight excluding hydrogens is 418 g/mol. The molecule has 33 heavy (non-hydrogen) atoms. The summed E-state index contributed by atoms with van der Waals surface area (Å²) in [4.78, 5) is 31.7. The molecule has 0 aliphatic carbocycles. The monoisotopic (exact) mass is 441 g/mol. The topological polar surface area (TPSA) is 87.8 Å². The van der Waals surface area contributed by atoms with Gasteiger partial charge in [0.25, 0.3) is 5.56 Å². The number of aryl methyl sites for hydroxylation is 2. The van der Waals surface area contributed by atoms with Crippen molar-refractivity contribution < 1.29 is 4.52 Å². The minimum absolute atomic E-state index is 0.0834. The van der Waals surface area contributed by atoms with Crippen LogP contribution in [0.25, 0.3) is 11.2 Å². The SMILES string of the molecule is Cc1noc(C)c1Cn1c(=O)c2c(ncn2Cc2ccccc2)n(Cc2ccccc2)c1=O. The van der Waals surface area contributed by atoms with Gasteiger partial charge in [-0.1, -0.05) is 65.8 Å². The lowest BCUT2D eigenvalue weighted by atomic mass is 10.2. The van der Waals surface area contributed by atoms with E-state index in [-0.39, 0.29) is 12.1 Å². The summed E-state index contributed by atoms with van der Waals surface area (Å²) < 4.78 is 9.87. The van der Waals surface area contributed by atoms with Gasteiger partial charge in [0.1, 0.15) is 5.76 Å². The molecule has 5 rings (SSSR count). The van der Waals surface area contributed by atoms with E-state index in [4.69, 9.17) is 4.52 Å². The number of hydrogen-bond donors (Lipinski definition) is 0. The maximum absolute atomic E-state index is 13.6. The van der Waals surface area contributed by atoms with E-state index in [9.17, 15) is 9.59 Å². The summed E-state index contributed by atoms with van der Waals surface area (Å²) in [6.07, 6.45) is 1.63. The van der Waals surface area contributed by atoms with Crippen molar-refractivity contribution in [3.63, 3.8) is 0 Å². The molecule has 2 aromatic carbocycles. The Labute approximate surface area is 189 Å². The summed E-state index contributed by atoms with van der Waals surface area (Å²) in [7, 11) is 0. The zero-order valence-electron chi connectivity index (χ0n) is 18.4. The molecule has 3 aromatic heterocycles. The molecule has 166 valence electrons. The Bertz CT molecular complexity index is 1520. The fourth-order valence-corrected chi connectivity index (χ4v) is 4.07. The first-order chi connectivity index (χ1) is 16.0. The van der Waals surface area contributed by atoms with E-state index in [0.29, 0.717) is 35.7 Å². The molecule has 0 bridgehead atoms. The van der Waals surface area contributed by atoms with Crippen molar-refractivity contribution in [3.8, 4) is 0 Å². The summed E-state index contributed by atoms with van der Waals surface area (Å²) in [5, 5.41) is 3.97. The van der Waals surface area contributed by atoms with E-state index < -0.39 is 5.69 Å². The van der Waals surface area contributed by atoms with Crippen LogP contribution in [0.4, 0.5) is 0 Å². The number of imidazole rings is 1. The maximum Gasteiger partial charge on any atom is 0.333 e. The van der Waals surface area contributed by atoms with E-state index in [0.717, 1.165) is 16.7 Å². The molecule has 8 nitrogen and oxygen atoms in total. The van der Waals surface area contributed by atoms with Gasteiger partial charge in [-0.3, -0.25) is 13.9 Å². The summed E-state index contributed by atoms with van der Waals surface area (Å²) in [6, 6.07) is 19.5. The average Bonchev–Trinajstić information content (AvgIpc) is 3.38. The molecule has 0 fully saturated rings. The summed E-state index contributed by atoms with van der Waals surface area (Å²) >= 11 is 0. The van der Waals surface area contributed by atoms with Crippen LogP contribution in [0.5, 0.6) is 0 Å². The van der Waals surface area contributed by atoms with Crippen LogP contribution in [-0.4, -0.2) is 23.8 Å². The van der Waals surface area contributed by atoms with Crippen LogP contribution in [0.1, 0.15) is 28.1 Å². The standard InChI is InChI=1S/C25H23N5O3/c1-17-21(18(2)33-27-17)15-30-24(31)22-23(26-16-28(22)13-19-9-5-3-6-10-19)29(25(30)32)14-20-11-7-4-8-12-20/h3-12,16H,13-15H2,1-2H3. The zero-order chi connectivity index (χ0) is 22.9. The first-order valence-electron chi connectivity index (χ1n) is 10.7. The van der Waals surface area contributed by atoms with E-state index in [1.54, 1.807) is 29.3 Å². The van der Waals surface area contributed by atoms with Gasteiger partial charge < -0.3 is 9.09 Å². The molecule has 0 spiro atoms. The highest BCUT2D eigenvalue weighted by atomic mass is 16.5. The van der Waals surface area contributed by atoms with Crippen LogP contribution in [0.3, 0.4) is 0 Å². The van der Waals surface area contributed by atoms with Gasteiger partial charge in [0.2, 0.25) is 0 Å². The fraction of sp³-hybridized carbons (Fsp3) is 0.200. The third kappa shape index (κ3) is 3.80. The minimum atomic E-state index is -0.415. The molecule has 0 amide bonds. The third-order valence-electron chi connectivity index (χ3n) is 5.86. The van der Waals surface area contributed by atoms with E-state index in [1.165, 1.54) is 4.57 Å². The lowest BCUT2D eigenvalue weighted by Gasteiger charge is -2.13. The van der Waals surface area contributed by atoms with Crippen LogP contribution in [0, 0.1) is 13.8 Å². The van der Waals surface area contributed by atoms with Crippen LogP contribution in [0.15, 0.2) is 81.1 Å². The smallest absolute Gasteiger partial charge is 0.333 e. The molecular formula is C25H23N5O3. The Morgan fingerprint density at radius 1 is 0.818 bits per heavy atom. The Hall–Kier alpha value is -4.20. The van der Waals surface area contributed by atoms with E-state index in [1.807, 2.05) is 60.7 Å². The summed E-state index contributed by atoms with van der Waals surface area (Å²) in [5.74, 6) is 0.589. The van der Waals surface area contributed by atoms with Crippen LogP contribution < -0.4 is 11.2 Å². The predicted octanol–water partition coefficient (Wildman–Crippen LogP) is 3.11. The largest absolute Gasteiger partial charge is 0.361 e. The lowest BCUT2D eigenvalue weighted by molar-refractivity contribution is 0.391. The van der Waals surface area contributed by atoms with Gasteiger partial charge in [0, 0.05) is 12.1 Å².